The van der Waals surface area contributed by atoms with E-state index < -0.39 is 0 Å². The molecule has 0 radical (unpaired) electrons. The summed E-state index contributed by atoms with van der Waals surface area (Å²) >= 11 is 3.15. The highest BCUT2D eigenvalue weighted by Gasteiger charge is 2.16. The van der Waals surface area contributed by atoms with E-state index in [0.717, 1.165) is 0 Å². The Morgan fingerprint density at radius 2 is 2.09 bits per heavy atom. The van der Waals surface area contributed by atoms with Crippen molar-refractivity contribution < 1.29 is 14.3 Å². The minimum Gasteiger partial charge on any atom is -0.469 e. The highest BCUT2D eigenvalue weighted by molar-refractivity contribution is 9.09. The van der Waals surface area contributed by atoms with Crippen LogP contribution in [0.2, 0.25) is 0 Å². The zero-order valence-electron chi connectivity index (χ0n) is 6.59. The van der Waals surface area contributed by atoms with Crippen LogP contribution in [0.4, 0.5) is 0 Å². The van der Waals surface area contributed by atoms with Crippen LogP contribution in [0.25, 0.3) is 0 Å². The van der Waals surface area contributed by atoms with Gasteiger partial charge in [0, 0.05) is 11.2 Å². The summed E-state index contributed by atoms with van der Waals surface area (Å²) in [5.41, 5.74) is 0. The molecule has 0 saturated heterocycles. The van der Waals surface area contributed by atoms with E-state index in [9.17, 15) is 9.59 Å². The number of ether oxygens (including phenoxy) is 1. The van der Waals surface area contributed by atoms with Gasteiger partial charge in [-0.3, -0.25) is 9.59 Å². The van der Waals surface area contributed by atoms with Crippen LogP contribution < -0.4 is 0 Å². The Morgan fingerprint density at radius 3 is 2.36 bits per heavy atom. The third-order valence-electron chi connectivity index (χ3n) is 1.40. The summed E-state index contributed by atoms with van der Waals surface area (Å²) in [6.07, 6.45) is 0.164. The molecule has 0 aliphatic rings. The van der Waals surface area contributed by atoms with Crippen LogP contribution in [0.3, 0.4) is 0 Å². The van der Waals surface area contributed by atoms with Crippen molar-refractivity contribution in [1.82, 2.24) is 0 Å². The third kappa shape index (κ3) is 4.14. The maximum atomic E-state index is 10.8. The topological polar surface area (TPSA) is 43.4 Å². The van der Waals surface area contributed by atoms with Crippen LogP contribution in [-0.4, -0.2) is 24.2 Å². The number of hydrogen-bond donors (Lipinski definition) is 0. The molecular weight excluding hydrogens is 212 g/mol. The van der Waals surface area contributed by atoms with E-state index in [2.05, 4.69) is 20.7 Å². The van der Waals surface area contributed by atoms with Gasteiger partial charge in [-0.1, -0.05) is 15.9 Å². The first-order valence-corrected chi connectivity index (χ1v) is 4.37. The molecule has 3 nitrogen and oxygen atoms in total. The molecule has 0 aromatic carbocycles. The number of ketones is 1. The van der Waals surface area contributed by atoms with E-state index in [4.69, 9.17) is 0 Å². The predicted molar refractivity (Wildman–Crippen MR) is 44.6 cm³/mol. The second kappa shape index (κ2) is 5.29. The second-order valence-corrected chi connectivity index (χ2v) is 2.89. The number of carbonyl (C=O) groups excluding carboxylic acids is 2. The number of hydrogen-bond acceptors (Lipinski definition) is 3. The molecule has 0 saturated carbocycles. The zero-order chi connectivity index (χ0) is 8.85. The largest absolute Gasteiger partial charge is 0.469 e. The van der Waals surface area contributed by atoms with Gasteiger partial charge in [0.25, 0.3) is 0 Å². The molecule has 0 heterocycles. The molecule has 1 unspecified atom stereocenters. The van der Waals surface area contributed by atoms with Gasteiger partial charge in [0.15, 0.2) is 0 Å². The summed E-state index contributed by atoms with van der Waals surface area (Å²) in [7, 11) is 1.31. The number of alkyl halides is 1. The SMILES string of the molecule is COC(=O)CC(CBr)C(C)=O. The van der Waals surface area contributed by atoms with E-state index in [1.165, 1.54) is 14.0 Å². The third-order valence-corrected chi connectivity index (χ3v) is 2.18. The number of rotatable bonds is 4. The van der Waals surface area contributed by atoms with Gasteiger partial charge in [0.2, 0.25) is 0 Å². The van der Waals surface area contributed by atoms with Crippen LogP contribution in [-0.2, 0) is 14.3 Å². The van der Waals surface area contributed by atoms with Crippen molar-refractivity contribution in [3.63, 3.8) is 0 Å². The fourth-order valence-corrected chi connectivity index (χ4v) is 1.28. The number of methoxy groups -OCH3 is 1. The maximum absolute atomic E-state index is 10.8. The molecule has 0 rings (SSSR count). The molecule has 1 atom stereocenters. The highest BCUT2D eigenvalue weighted by Crippen LogP contribution is 2.08. The van der Waals surface area contributed by atoms with Gasteiger partial charge in [0.1, 0.15) is 5.78 Å². The highest BCUT2D eigenvalue weighted by atomic mass is 79.9. The Bertz CT molecular complexity index is 156. The normalized spacial score (nSPS) is 12.3. The molecule has 4 heteroatoms. The molecular formula is C7H11BrO3. The minimum atomic E-state index is -0.343. The monoisotopic (exact) mass is 222 g/mol. The molecule has 0 amide bonds. The lowest BCUT2D eigenvalue weighted by atomic mass is 10.0. The molecule has 0 aromatic heterocycles. The van der Waals surface area contributed by atoms with Gasteiger partial charge < -0.3 is 4.74 Å². The van der Waals surface area contributed by atoms with Gasteiger partial charge in [-0.25, -0.2) is 0 Å². The van der Waals surface area contributed by atoms with Crippen molar-refractivity contribution in [2.75, 3.05) is 12.4 Å². The fraction of sp³-hybridized carbons (Fsp3) is 0.714. The van der Waals surface area contributed by atoms with Gasteiger partial charge in [0.05, 0.1) is 13.5 Å². The van der Waals surface area contributed by atoms with E-state index in [-0.39, 0.29) is 24.1 Å². The Morgan fingerprint density at radius 1 is 1.55 bits per heavy atom. The first-order valence-electron chi connectivity index (χ1n) is 3.25. The quantitative estimate of drug-likeness (QED) is 0.530. The number of Topliss-reactive ketones (excluding diaryl/α,β-unsaturated/α-hetero) is 1. The lowest BCUT2D eigenvalue weighted by Gasteiger charge is -2.07. The first kappa shape index (κ1) is 10.6. The molecule has 0 aromatic rings. The van der Waals surface area contributed by atoms with Crippen molar-refractivity contribution >= 4 is 27.7 Å². The summed E-state index contributed by atoms with van der Waals surface area (Å²) in [5.74, 6) is -0.584. The zero-order valence-corrected chi connectivity index (χ0v) is 8.18. The lowest BCUT2D eigenvalue weighted by Crippen LogP contribution is -2.17. The van der Waals surface area contributed by atoms with E-state index in [1.54, 1.807) is 0 Å². The van der Waals surface area contributed by atoms with Crippen LogP contribution in [0, 0.1) is 5.92 Å². The lowest BCUT2D eigenvalue weighted by molar-refractivity contribution is -0.143. The average molecular weight is 223 g/mol. The molecule has 0 fully saturated rings. The molecule has 11 heavy (non-hydrogen) atoms. The Balaban J connectivity index is 3.88. The second-order valence-electron chi connectivity index (χ2n) is 2.24. The van der Waals surface area contributed by atoms with Gasteiger partial charge in [-0.05, 0) is 6.92 Å². The summed E-state index contributed by atoms with van der Waals surface area (Å²) in [6, 6.07) is 0. The van der Waals surface area contributed by atoms with Crippen LogP contribution in [0.1, 0.15) is 13.3 Å². The Labute approximate surface area is 74.2 Å². The molecule has 0 bridgehead atoms. The maximum Gasteiger partial charge on any atom is 0.306 e. The van der Waals surface area contributed by atoms with E-state index >= 15 is 0 Å². The number of carbonyl (C=O) groups is 2. The Kier molecular flexibility index (Phi) is 5.11. The molecule has 0 N–H and O–H groups in total. The van der Waals surface area contributed by atoms with Crippen LogP contribution in [0.15, 0.2) is 0 Å². The van der Waals surface area contributed by atoms with Crippen molar-refractivity contribution in [2.24, 2.45) is 5.92 Å². The molecule has 64 valence electrons. The van der Waals surface area contributed by atoms with Gasteiger partial charge in [-0.2, -0.15) is 0 Å². The number of esters is 1. The van der Waals surface area contributed by atoms with Gasteiger partial charge >= 0.3 is 5.97 Å². The predicted octanol–water partition coefficient (Wildman–Crippen LogP) is 1.15. The van der Waals surface area contributed by atoms with Crippen molar-refractivity contribution in [2.45, 2.75) is 13.3 Å². The Hall–Kier alpha value is -0.380. The van der Waals surface area contributed by atoms with Crippen LogP contribution in [0.5, 0.6) is 0 Å². The number of halogens is 1. The van der Waals surface area contributed by atoms with Crippen molar-refractivity contribution in [1.29, 1.82) is 0 Å². The van der Waals surface area contributed by atoms with E-state index in [0.29, 0.717) is 5.33 Å². The van der Waals surface area contributed by atoms with Crippen molar-refractivity contribution in [3.05, 3.63) is 0 Å². The summed E-state index contributed by atoms with van der Waals surface area (Å²) in [5, 5.41) is 0.511. The molecule has 0 spiro atoms. The average Bonchev–Trinajstić information content (AvgIpc) is 1.99. The standard InChI is InChI=1S/C7H11BrO3/c1-5(9)6(4-8)3-7(10)11-2/h6H,3-4H2,1-2H3. The summed E-state index contributed by atoms with van der Waals surface area (Å²) in [6.45, 7) is 1.47. The van der Waals surface area contributed by atoms with E-state index in [1.807, 2.05) is 0 Å². The summed E-state index contributed by atoms with van der Waals surface area (Å²) in [4.78, 5) is 21.5. The van der Waals surface area contributed by atoms with Crippen LogP contribution >= 0.6 is 15.9 Å². The first-order chi connectivity index (χ1) is 5.11. The summed E-state index contributed by atoms with van der Waals surface area (Å²) < 4.78 is 4.42. The fourth-order valence-electron chi connectivity index (χ4n) is 0.591. The van der Waals surface area contributed by atoms with Gasteiger partial charge in [-0.15, -0.1) is 0 Å². The molecule has 0 aliphatic heterocycles. The molecule has 0 aliphatic carbocycles. The minimum absolute atomic E-state index is 0.00674. The van der Waals surface area contributed by atoms with Crippen molar-refractivity contribution in [3.8, 4) is 0 Å². The smallest absolute Gasteiger partial charge is 0.306 e.